The van der Waals surface area contributed by atoms with E-state index in [9.17, 15) is 4.79 Å². The van der Waals surface area contributed by atoms with Crippen LogP contribution in [0.4, 0.5) is 10.5 Å². The van der Waals surface area contributed by atoms with Gasteiger partial charge in [-0.15, -0.1) is 0 Å². The molecule has 1 aromatic carbocycles. The van der Waals surface area contributed by atoms with E-state index in [4.69, 9.17) is 10.5 Å². The summed E-state index contributed by atoms with van der Waals surface area (Å²) in [4.78, 5) is 11.7. The molecule has 0 aromatic heterocycles. The molecule has 5 nitrogen and oxygen atoms in total. The van der Waals surface area contributed by atoms with Gasteiger partial charge in [0.2, 0.25) is 0 Å². The quantitative estimate of drug-likeness (QED) is 0.764. The number of anilines is 1. The average molecular weight is 265 g/mol. The minimum atomic E-state index is -0.379. The number of carbonyl (C=O) groups excluding carboxylic acids is 1. The fourth-order valence-corrected chi connectivity index (χ4v) is 1.41. The van der Waals surface area contributed by atoms with Gasteiger partial charge in [-0.3, -0.25) is 0 Å². The molecule has 1 unspecified atom stereocenters. The zero-order valence-electron chi connectivity index (χ0n) is 12.0. The van der Waals surface area contributed by atoms with Crippen molar-refractivity contribution in [1.29, 1.82) is 0 Å². The fraction of sp³-hybridized carbons (Fsp3) is 0.500. The highest BCUT2D eigenvalue weighted by atomic mass is 16.5. The van der Waals surface area contributed by atoms with Crippen molar-refractivity contribution in [1.82, 2.24) is 5.32 Å². The van der Waals surface area contributed by atoms with Crippen LogP contribution in [0.25, 0.3) is 0 Å². The maximum absolute atomic E-state index is 11.7. The van der Waals surface area contributed by atoms with Gasteiger partial charge in [-0.25, -0.2) is 4.79 Å². The molecule has 0 aliphatic heterocycles. The molecule has 4 N–H and O–H groups in total. The molecule has 0 saturated carbocycles. The summed E-state index contributed by atoms with van der Waals surface area (Å²) in [6, 6.07) is 7.21. The molecule has 0 spiro atoms. The zero-order valence-corrected chi connectivity index (χ0v) is 12.0. The minimum Gasteiger partial charge on any atom is -0.377 e. The highest BCUT2D eigenvalue weighted by molar-refractivity contribution is 5.89. The van der Waals surface area contributed by atoms with E-state index in [2.05, 4.69) is 10.6 Å². The van der Waals surface area contributed by atoms with Crippen LogP contribution in [-0.2, 0) is 4.74 Å². The van der Waals surface area contributed by atoms with Crippen molar-refractivity contribution in [2.75, 3.05) is 19.0 Å². The molecule has 0 fully saturated rings. The van der Waals surface area contributed by atoms with Crippen molar-refractivity contribution in [3.05, 3.63) is 29.8 Å². The molecule has 1 rings (SSSR count). The van der Waals surface area contributed by atoms with Crippen LogP contribution in [-0.4, -0.2) is 25.3 Å². The number of benzene rings is 1. The zero-order chi connectivity index (χ0) is 14.5. The second-order valence-electron chi connectivity index (χ2n) is 5.18. The van der Waals surface area contributed by atoms with Crippen LogP contribution in [0.5, 0.6) is 0 Å². The van der Waals surface area contributed by atoms with E-state index in [0.29, 0.717) is 6.54 Å². The number of urea groups is 1. The van der Waals surface area contributed by atoms with Crippen molar-refractivity contribution >= 4 is 11.7 Å². The Kier molecular flexibility index (Phi) is 5.32. The van der Waals surface area contributed by atoms with Gasteiger partial charge >= 0.3 is 6.03 Å². The Balaban J connectivity index is 2.48. The predicted molar refractivity (Wildman–Crippen MR) is 77.2 cm³/mol. The maximum atomic E-state index is 11.7. The summed E-state index contributed by atoms with van der Waals surface area (Å²) in [6.07, 6.45) is 0. The number of ether oxygens (including phenoxy) is 1. The molecular formula is C14H23N3O2. The lowest BCUT2D eigenvalue weighted by molar-refractivity contribution is 0.0257. The molecule has 19 heavy (non-hydrogen) atoms. The van der Waals surface area contributed by atoms with E-state index in [1.165, 1.54) is 0 Å². The lowest BCUT2D eigenvalue weighted by atomic mass is 10.1. The highest BCUT2D eigenvalue weighted by Crippen LogP contribution is 2.14. The summed E-state index contributed by atoms with van der Waals surface area (Å²) in [5.74, 6) is 0. The number of rotatable bonds is 5. The van der Waals surface area contributed by atoms with Crippen molar-refractivity contribution in [3.63, 3.8) is 0 Å². The molecule has 0 aliphatic rings. The first kappa shape index (κ1) is 15.5. The van der Waals surface area contributed by atoms with Crippen LogP contribution < -0.4 is 16.4 Å². The van der Waals surface area contributed by atoms with Gasteiger partial charge in [-0.05, 0) is 38.5 Å². The number of hydrogen-bond donors (Lipinski definition) is 3. The average Bonchev–Trinajstić information content (AvgIpc) is 2.37. The first-order valence-corrected chi connectivity index (χ1v) is 6.29. The number of nitrogens with two attached hydrogens (primary N) is 1. The molecule has 0 bridgehead atoms. The van der Waals surface area contributed by atoms with E-state index >= 15 is 0 Å². The van der Waals surface area contributed by atoms with E-state index < -0.39 is 0 Å². The Labute approximate surface area is 114 Å². The smallest absolute Gasteiger partial charge is 0.319 e. The predicted octanol–water partition coefficient (Wildman–Crippen LogP) is 2.25. The summed E-state index contributed by atoms with van der Waals surface area (Å²) in [5, 5.41) is 5.52. The van der Waals surface area contributed by atoms with Gasteiger partial charge in [0.25, 0.3) is 0 Å². The van der Waals surface area contributed by atoms with E-state index in [1.807, 2.05) is 45.0 Å². The van der Waals surface area contributed by atoms with Gasteiger partial charge in [0, 0.05) is 25.4 Å². The lowest BCUT2D eigenvalue weighted by Gasteiger charge is -2.23. The minimum absolute atomic E-state index is 0.00891. The van der Waals surface area contributed by atoms with Crippen molar-refractivity contribution in [3.8, 4) is 0 Å². The van der Waals surface area contributed by atoms with E-state index in [1.54, 1.807) is 7.11 Å². The van der Waals surface area contributed by atoms with E-state index in [0.717, 1.165) is 11.3 Å². The standard InChI is InChI=1S/C14H23N3O2/c1-10(15)11-5-7-12(8-6-11)17-13(18)16-9-14(2,3)19-4/h5-8,10H,9,15H2,1-4H3,(H2,16,17,18). The van der Waals surface area contributed by atoms with Crippen LogP contribution in [0.15, 0.2) is 24.3 Å². The topological polar surface area (TPSA) is 76.4 Å². The van der Waals surface area contributed by atoms with Crippen LogP contribution in [0.3, 0.4) is 0 Å². The van der Waals surface area contributed by atoms with Crippen LogP contribution in [0.1, 0.15) is 32.4 Å². The third kappa shape index (κ3) is 5.28. The Morgan fingerprint density at radius 3 is 2.42 bits per heavy atom. The second-order valence-corrected chi connectivity index (χ2v) is 5.18. The van der Waals surface area contributed by atoms with Gasteiger partial charge in [0.05, 0.1) is 5.60 Å². The van der Waals surface area contributed by atoms with Gasteiger partial charge < -0.3 is 21.1 Å². The van der Waals surface area contributed by atoms with Gasteiger partial charge in [0.15, 0.2) is 0 Å². The SMILES string of the molecule is COC(C)(C)CNC(=O)Nc1ccc(C(C)N)cc1. The van der Waals surface area contributed by atoms with Crippen molar-refractivity contribution in [2.45, 2.75) is 32.4 Å². The van der Waals surface area contributed by atoms with Crippen LogP contribution >= 0.6 is 0 Å². The molecule has 1 atom stereocenters. The number of carbonyl (C=O) groups is 1. The van der Waals surface area contributed by atoms with Gasteiger partial charge in [0.1, 0.15) is 0 Å². The number of methoxy groups -OCH3 is 1. The first-order valence-electron chi connectivity index (χ1n) is 6.29. The third-order valence-electron chi connectivity index (χ3n) is 2.92. The molecular weight excluding hydrogens is 242 g/mol. The van der Waals surface area contributed by atoms with E-state index in [-0.39, 0.29) is 17.7 Å². The number of nitrogens with one attached hydrogen (secondary N) is 2. The lowest BCUT2D eigenvalue weighted by Crippen LogP contribution is -2.41. The Morgan fingerprint density at radius 2 is 1.95 bits per heavy atom. The Bertz CT molecular complexity index is 413. The molecule has 0 saturated heterocycles. The largest absolute Gasteiger partial charge is 0.377 e. The Hall–Kier alpha value is -1.59. The second kappa shape index (κ2) is 6.54. The van der Waals surface area contributed by atoms with Gasteiger partial charge in [-0.1, -0.05) is 12.1 Å². The molecule has 1 aromatic rings. The summed E-state index contributed by atoms with van der Waals surface area (Å²) in [7, 11) is 1.62. The number of amides is 2. The molecule has 2 amide bonds. The van der Waals surface area contributed by atoms with Crippen LogP contribution in [0, 0.1) is 0 Å². The monoisotopic (exact) mass is 265 g/mol. The summed E-state index contributed by atoms with van der Waals surface area (Å²) < 4.78 is 5.22. The molecule has 5 heteroatoms. The van der Waals surface area contributed by atoms with Gasteiger partial charge in [-0.2, -0.15) is 0 Å². The number of hydrogen-bond acceptors (Lipinski definition) is 3. The molecule has 106 valence electrons. The third-order valence-corrected chi connectivity index (χ3v) is 2.92. The molecule has 0 radical (unpaired) electrons. The summed E-state index contributed by atoms with van der Waals surface area (Å²) in [6.45, 7) is 6.17. The Morgan fingerprint density at radius 1 is 1.37 bits per heavy atom. The normalized spacial score (nSPS) is 12.9. The maximum Gasteiger partial charge on any atom is 0.319 e. The fourth-order valence-electron chi connectivity index (χ4n) is 1.41. The molecule has 0 heterocycles. The summed E-state index contributed by atoms with van der Waals surface area (Å²) in [5.41, 5.74) is 7.15. The van der Waals surface area contributed by atoms with Crippen LogP contribution in [0.2, 0.25) is 0 Å². The summed E-state index contributed by atoms with van der Waals surface area (Å²) >= 11 is 0. The van der Waals surface area contributed by atoms with Crippen molar-refractivity contribution in [2.24, 2.45) is 5.73 Å². The highest BCUT2D eigenvalue weighted by Gasteiger charge is 2.17. The molecule has 0 aliphatic carbocycles. The van der Waals surface area contributed by atoms with Crippen molar-refractivity contribution < 1.29 is 9.53 Å². The first-order chi connectivity index (χ1) is 8.84.